The highest BCUT2D eigenvalue weighted by Crippen LogP contribution is 2.09. The summed E-state index contributed by atoms with van der Waals surface area (Å²) in [7, 11) is 0. The fourth-order valence-electron chi connectivity index (χ4n) is 2.11. The minimum Gasteiger partial charge on any atom is -0.316 e. The van der Waals surface area contributed by atoms with Crippen LogP contribution in [-0.4, -0.2) is 36.6 Å². The average molecular weight is 228 g/mol. The lowest BCUT2D eigenvalue weighted by Gasteiger charge is -2.32. The summed E-state index contributed by atoms with van der Waals surface area (Å²) in [4.78, 5) is 2.61. The summed E-state index contributed by atoms with van der Waals surface area (Å²) >= 11 is 0. The SMILES string of the molecule is CCCN(C(C)C)C(C)CCNCC(C)C. The molecule has 0 radical (unpaired) electrons. The predicted molar refractivity (Wildman–Crippen MR) is 73.9 cm³/mol. The maximum Gasteiger partial charge on any atom is 0.00817 e. The third kappa shape index (κ3) is 7.24. The van der Waals surface area contributed by atoms with Crippen LogP contribution in [0.4, 0.5) is 0 Å². The van der Waals surface area contributed by atoms with Gasteiger partial charge in [-0.25, -0.2) is 0 Å². The van der Waals surface area contributed by atoms with E-state index in [0.717, 1.165) is 19.0 Å². The van der Waals surface area contributed by atoms with E-state index in [1.807, 2.05) is 0 Å². The van der Waals surface area contributed by atoms with Gasteiger partial charge in [0.05, 0.1) is 0 Å². The molecule has 0 fully saturated rings. The lowest BCUT2D eigenvalue weighted by molar-refractivity contribution is 0.156. The number of rotatable bonds is 9. The van der Waals surface area contributed by atoms with Crippen molar-refractivity contribution in [3.63, 3.8) is 0 Å². The molecular weight excluding hydrogens is 196 g/mol. The van der Waals surface area contributed by atoms with E-state index in [0.29, 0.717) is 12.1 Å². The van der Waals surface area contributed by atoms with Crippen LogP contribution < -0.4 is 5.32 Å². The highest BCUT2D eigenvalue weighted by molar-refractivity contribution is 4.71. The normalized spacial score (nSPS) is 14.1. The Morgan fingerprint density at radius 2 is 1.69 bits per heavy atom. The molecule has 0 saturated carbocycles. The highest BCUT2D eigenvalue weighted by Gasteiger charge is 2.15. The van der Waals surface area contributed by atoms with Crippen molar-refractivity contribution in [2.45, 2.75) is 66.5 Å². The van der Waals surface area contributed by atoms with Crippen LogP contribution in [-0.2, 0) is 0 Å². The van der Waals surface area contributed by atoms with Gasteiger partial charge in [-0.05, 0) is 59.2 Å². The van der Waals surface area contributed by atoms with Crippen LogP contribution in [0.1, 0.15) is 54.4 Å². The van der Waals surface area contributed by atoms with Crippen molar-refractivity contribution >= 4 is 0 Å². The minimum atomic E-state index is 0.667. The summed E-state index contributed by atoms with van der Waals surface area (Å²) < 4.78 is 0. The first-order valence-corrected chi connectivity index (χ1v) is 6.95. The first-order valence-electron chi connectivity index (χ1n) is 6.95. The van der Waals surface area contributed by atoms with E-state index in [4.69, 9.17) is 0 Å². The Labute approximate surface area is 103 Å². The molecule has 0 aromatic carbocycles. The van der Waals surface area contributed by atoms with Crippen molar-refractivity contribution in [1.29, 1.82) is 0 Å². The topological polar surface area (TPSA) is 15.3 Å². The van der Waals surface area contributed by atoms with Gasteiger partial charge in [0.2, 0.25) is 0 Å². The van der Waals surface area contributed by atoms with E-state index in [-0.39, 0.29) is 0 Å². The van der Waals surface area contributed by atoms with Gasteiger partial charge >= 0.3 is 0 Å². The summed E-state index contributed by atoms with van der Waals surface area (Å²) in [5.74, 6) is 0.757. The van der Waals surface area contributed by atoms with Crippen LogP contribution >= 0.6 is 0 Å². The van der Waals surface area contributed by atoms with Crippen molar-refractivity contribution < 1.29 is 0 Å². The molecule has 0 bridgehead atoms. The average Bonchev–Trinajstić information content (AvgIpc) is 2.19. The Kier molecular flexibility index (Phi) is 8.96. The van der Waals surface area contributed by atoms with Gasteiger partial charge in [-0.1, -0.05) is 20.8 Å². The van der Waals surface area contributed by atoms with Gasteiger partial charge in [-0.3, -0.25) is 4.90 Å². The molecule has 0 aliphatic rings. The Hall–Kier alpha value is -0.0800. The van der Waals surface area contributed by atoms with E-state index < -0.39 is 0 Å². The number of hydrogen-bond acceptors (Lipinski definition) is 2. The van der Waals surface area contributed by atoms with E-state index in [1.165, 1.54) is 19.4 Å². The molecule has 0 aromatic rings. The van der Waals surface area contributed by atoms with Crippen molar-refractivity contribution in [3.8, 4) is 0 Å². The zero-order chi connectivity index (χ0) is 12.6. The number of nitrogens with one attached hydrogen (secondary N) is 1. The largest absolute Gasteiger partial charge is 0.316 e. The highest BCUT2D eigenvalue weighted by atomic mass is 15.2. The first-order chi connectivity index (χ1) is 7.49. The molecular formula is C14H32N2. The zero-order valence-corrected chi connectivity index (χ0v) is 12.2. The van der Waals surface area contributed by atoms with Crippen LogP contribution in [0.25, 0.3) is 0 Å². The number of nitrogens with zero attached hydrogens (tertiary/aromatic N) is 1. The van der Waals surface area contributed by atoms with Crippen molar-refractivity contribution in [2.75, 3.05) is 19.6 Å². The molecule has 16 heavy (non-hydrogen) atoms. The molecule has 0 aliphatic carbocycles. The summed E-state index contributed by atoms with van der Waals surface area (Å²) in [6.45, 7) is 17.2. The Balaban J connectivity index is 3.78. The van der Waals surface area contributed by atoms with Crippen LogP contribution in [0, 0.1) is 5.92 Å². The molecule has 1 atom stereocenters. The third-order valence-corrected chi connectivity index (χ3v) is 3.00. The monoisotopic (exact) mass is 228 g/mol. The second-order valence-electron chi connectivity index (χ2n) is 5.57. The molecule has 0 spiro atoms. The second kappa shape index (κ2) is 9.00. The van der Waals surface area contributed by atoms with Gasteiger partial charge in [-0.2, -0.15) is 0 Å². The quantitative estimate of drug-likeness (QED) is 0.610. The fourth-order valence-corrected chi connectivity index (χ4v) is 2.11. The summed E-state index contributed by atoms with van der Waals surface area (Å²) in [6.07, 6.45) is 2.51. The van der Waals surface area contributed by atoms with Crippen molar-refractivity contribution in [1.82, 2.24) is 10.2 Å². The van der Waals surface area contributed by atoms with Crippen LogP contribution in [0.5, 0.6) is 0 Å². The third-order valence-electron chi connectivity index (χ3n) is 3.00. The molecule has 1 unspecified atom stereocenters. The van der Waals surface area contributed by atoms with Gasteiger partial charge in [0.1, 0.15) is 0 Å². The maximum atomic E-state index is 3.52. The van der Waals surface area contributed by atoms with Crippen LogP contribution in [0.2, 0.25) is 0 Å². The first kappa shape index (κ1) is 15.9. The maximum absolute atomic E-state index is 3.52. The van der Waals surface area contributed by atoms with Crippen LogP contribution in [0.3, 0.4) is 0 Å². The van der Waals surface area contributed by atoms with E-state index in [9.17, 15) is 0 Å². The van der Waals surface area contributed by atoms with Gasteiger partial charge < -0.3 is 5.32 Å². The molecule has 2 heteroatoms. The van der Waals surface area contributed by atoms with Gasteiger partial charge in [0.15, 0.2) is 0 Å². The summed E-state index contributed by atoms with van der Waals surface area (Å²) in [6, 6.07) is 1.36. The number of hydrogen-bond donors (Lipinski definition) is 1. The van der Waals surface area contributed by atoms with Gasteiger partial charge in [0, 0.05) is 12.1 Å². The lowest BCUT2D eigenvalue weighted by atomic mass is 10.1. The molecule has 0 amide bonds. The van der Waals surface area contributed by atoms with Gasteiger partial charge in [0.25, 0.3) is 0 Å². The van der Waals surface area contributed by atoms with E-state index in [1.54, 1.807) is 0 Å². The van der Waals surface area contributed by atoms with E-state index >= 15 is 0 Å². The van der Waals surface area contributed by atoms with Crippen molar-refractivity contribution in [3.05, 3.63) is 0 Å². The Morgan fingerprint density at radius 3 is 2.12 bits per heavy atom. The molecule has 2 nitrogen and oxygen atoms in total. The fraction of sp³-hybridized carbons (Fsp3) is 1.00. The summed E-state index contributed by atoms with van der Waals surface area (Å²) in [5.41, 5.74) is 0. The minimum absolute atomic E-state index is 0.667. The molecule has 0 rings (SSSR count). The van der Waals surface area contributed by atoms with Crippen molar-refractivity contribution in [2.24, 2.45) is 5.92 Å². The molecule has 1 N–H and O–H groups in total. The summed E-state index contributed by atoms with van der Waals surface area (Å²) in [5, 5.41) is 3.52. The second-order valence-corrected chi connectivity index (χ2v) is 5.57. The molecule has 0 heterocycles. The predicted octanol–water partition coefficient (Wildman–Crippen LogP) is 3.13. The molecule has 0 aliphatic heterocycles. The Morgan fingerprint density at radius 1 is 1.06 bits per heavy atom. The standard InChI is InChI=1S/C14H32N2/c1-7-10-16(13(4)5)14(6)8-9-15-11-12(2)3/h12-15H,7-11H2,1-6H3. The van der Waals surface area contributed by atoms with Crippen LogP contribution in [0.15, 0.2) is 0 Å². The smallest absolute Gasteiger partial charge is 0.00817 e. The van der Waals surface area contributed by atoms with E-state index in [2.05, 4.69) is 51.8 Å². The Bertz CT molecular complexity index is 155. The zero-order valence-electron chi connectivity index (χ0n) is 12.2. The molecule has 0 saturated heterocycles. The molecule has 98 valence electrons. The molecule has 0 aromatic heterocycles. The van der Waals surface area contributed by atoms with Gasteiger partial charge in [-0.15, -0.1) is 0 Å². The lowest BCUT2D eigenvalue weighted by Crippen LogP contribution is -2.40.